The second kappa shape index (κ2) is 4.86. The third-order valence-electron chi connectivity index (χ3n) is 2.13. The molecule has 2 rings (SSSR count). The minimum atomic E-state index is -0.507. The lowest BCUT2D eigenvalue weighted by Gasteiger charge is -2.07. The van der Waals surface area contributed by atoms with Crippen molar-refractivity contribution >= 4 is 11.6 Å². The van der Waals surface area contributed by atoms with Crippen molar-refractivity contribution in [2.75, 3.05) is 0 Å². The second-order valence-corrected chi connectivity index (χ2v) is 3.69. The zero-order chi connectivity index (χ0) is 12.3. The van der Waals surface area contributed by atoms with E-state index in [-0.39, 0.29) is 5.02 Å². The number of rotatable bonds is 2. The highest BCUT2D eigenvalue weighted by atomic mass is 35.5. The molecule has 84 valence electrons. The highest BCUT2D eigenvalue weighted by Gasteiger charge is 2.05. The van der Waals surface area contributed by atoms with Gasteiger partial charge in [-0.05, 0) is 24.3 Å². The van der Waals surface area contributed by atoms with E-state index in [1.165, 1.54) is 18.2 Å². The molecule has 17 heavy (non-hydrogen) atoms. The summed E-state index contributed by atoms with van der Waals surface area (Å²) in [6.07, 6.45) is 0. The average molecular weight is 248 g/mol. The predicted molar refractivity (Wildman–Crippen MR) is 62.6 cm³/mol. The minimum absolute atomic E-state index is 0.0167. The van der Waals surface area contributed by atoms with E-state index >= 15 is 0 Å². The molecule has 2 nitrogen and oxygen atoms in total. The number of para-hydroxylation sites is 1. The lowest BCUT2D eigenvalue weighted by atomic mass is 10.2. The van der Waals surface area contributed by atoms with Gasteiger partial charge in [0, 0.05) is 6.07 Å². The number of halogens is 2. The van der Waals surface area contributed by atoms with Crippen LogP contribution in [0.3, 0.4) is 0 Å². The lowest BCUT2D eigenvalue weighted by Crippen LogP contribution is -1.88. The third-order valence-corrected chi connectivity index (χ3v) is 2.42. The van der Waals surface area contributed by atoms with Crippen molar-refractivity contribution in [3.05, 3.63) is 58.9 Å². The van der Waals surface area contributed by atoms with Crippen LogP contribution in [-0.4, -0.2) is 0 Å². The number of benzene rings is 2. The molecular weight excluding hydrogens is 241 g/mol. The Balaban J connectivity index is 2.32. The molecule has 0 aliphatic heterocycles. The number of hydrogen-bond donors (Lipinski definition) is 0. The van der Waals surface area contributed by atoms with E-state index in [9.17, 15) is 4.39 Å². The first kappa shape index (κ1) is 11.4. The highest BCUT2D eigenvalue weighted by Crippen LogP contribution is 2.27. The molecule has 0 unspecified atom stereocenters. The summed E-state index contributed by atoms with van der Waals surface area (Å²) in [5, 5.41) is 8.86. The maximum Gasteiger partial charge on any atom is 0.145 e. The van der Waals surface area contributed by atoms with E-state index in [0.29, 0.717) is 17.1 Å². The van der Waals surface area contributed by atoms with Crippen LogP contribution in [0.1, 0.15) is 5.56 Å². The van der Waals surface area contributed by atoms with Crippen molar-refractivity contribution < 1.29 is 9.13 Å². The van der Waals surface area contributed by atoms with Crippen LogP contribution in [0.25, 0.3) is 0 Å². The number of nitriles is 1. The molecule has 0 N–H and O–H groups in total. The highest BCUT2D eigenvalue weighted by molar-refractivity contribution is 6.30. The van der Waals surface area contributed by atoms with Gasteiger partial charge in [0.1, 0.15) is 23.4 Å². The normalized spacial score (nSPS) is 9.71. The van der Waals surface area contributed by atoms with Gasteiger partial charge in [-0.15, -0.1) is 0 Å². The molecule has 0 amide bonds. The van der Waals surface area contributed by atoms with Gasteiger partial charge in [0.2, 0.25) is 0 Å². The molecule has 0 heterocycles. The largest absolute Gasteiger partial charge is 0.456 e. The zero-order valence-electron chi connectivity index (χ0n) is 8.65. The van der Waals surface area contributed by atoms with Gasteiger partial charge < -0.3 is 4.74 Å². The zero-order valence-corrected chi connectivity index (χ0v) is 9.41. The van der Waals surface area contributed by atoms with Crippen molar-refractivity contribution in [1.82, 2.24) is 0 Å². The lowest BCUT2D eigenvalue weighted by molar-refractivity contribution is 0.479. The maximum atomic E-state index is 12.9. The Kier molecular flexibility index (Phi) is 3.27. The first-order chi connectivity index (χ1) is 8.20. The molecule has 0 radical (unpaired) electrons. The summed E-state index contributed by atoms with van der Waals surface area (Å²) in [6.45, 7) is 0. The van der Waals surface area contributed by atoms with Crippen LogP contribution in [0.4, 0.5) is 4.39 Å². The standard InChI is InChI=1S/C13H7ClFNO/c14-11-7-10(5-6-12(11)15)17-13-4-2-1-3-9(13)8-16/h1-7H. The quantitative estimate of drug-likeness (QED) is 0.799. The SMILES string of the molecule is N#Cc1ccccc1Oc1ccc(F)c(Cl)c1. The van der Waals surface area contributed by atoms with Crippen LogP contribution in [-0.2, 0) is 0 Å². The van der Waals surface area contributed by atoms with Crippen molar-refractivity contribution in [3.63, 3.8) is 0 Å². The summed E-state index contributed by atoms with van der Waals surface area (Å²) in [5.74, 6) is 0.296. The van der Waals surface area contributed by atoms with Gasteiger partial charge in [-0.3, -0.25) is 0 Å². The Hall–Kier alpha value is -2.05. The molecule has 0 aliphatic carbocycles. The predicted octanol–water partition coefficient (Wildman–Crippen LogP) is 4.14. The van der Waals surface area contributed by atoms with E-state index < -0.39 is 5.82 Å². The summed E-state index contributed by atoms with van der Waals surface area (Å²) in [5.41, 5.74) is 0.410. The summed E-state index contributed by atoms with van der Waals surface area (Å²) < 4.78 is 18.4. The first-order valence-corrected chi connectivity index (χ1v) is 5.20. The number of hydrogen-bond acceptors (Lipinski definition) is 2. The molecule has 0 fully saturated rings. The fourth-order valence-corrected chi connectivity index (χ4v) is 1.49. The fraction of sp³-hybridized carbons (Fsp3) is 0. The second-order valence-electron chi connectivity index (χ2n) is 3.29. The third kappa shape index (κ3) is 2.55. The van der Waals surface area contributed by atoms with Crippen molar-refractivity contribution in [1.29, 1.82) is 5.26 Å². The monoisotopic (exact) mass is 247 g/mol. The molecule has 0 saturated heterocycles. The summed E-state index contributed by atoms with van der Waals surface area (Å²) in [6, 6.07) is 12.8. The van der Waals surface area contributed by atoms with E-state index in [0.717, 1.165) is 0 Å². The van der Waals surface area contributed by atoms with E-state index in [1.54, 1.807) is 24.3 Å². The van der Waals surface area contributed by atoms with Crippen LogP contribution in [0.2, 0.25) is 5.02 Å². The van der Waals surface area contributed by atoms with Crippen LogP contribution in [0.15, 0.2) is 42.5 Å². The van der Waals surface area contributed by atoms with Crippen molar-refractivity contribution in [2.24, 2.45) is 0 Å². The van der Waals surface area contributed by atoms with Gasteiger partial charge in [-0.2, -0.15) is 5.26 Å². The van der Waals surface area contributed by atoms with Crippen molar-refractivity contribution in [3.8, 4) is 17.6 Å². The van der Waals surface area contributed by atoms with Crippen LogP contribution < -0.4 is 4.74 Å². The molecule has 0 saturated carbocycles. The molecule has 2 aromatic carbocycles. The first-order valence-electron chi connectivity index (χ1n) is 4.83. The Morgan fingerprint density at radius 2 is 1.94 bits per heavy atom. The molecule has 0 spiro atoms. The minimum Gasteiger partial charge on any atom is -0.456 e. The smallest absolute Gasteiger partial charge is 0.145 e. The summed E-state index contributed by atoms with van der Waals surface area (Å²) >= 11 is 5.63. The van der Waals surface area contributed by atoms with Crippen LogP contribution >= 0.6 is 11.6 Å². The van der Waals surface area contributed by atoms with Crippen molar-refractivity contribution in [2.45, 2.75) is 0 Å². The Bertz CT molecular complexity index is 592. The topological polar surface area (TPSA) is 33.0 Å². The van der Waals surface area contributed by atoms with Gasteiger partial charge in [0.15, 0.2) is 0 Å². The van der Waals surface area contributed by atoms with E-state index in [2.05, 4.69) is 0 Å². The summed E-state index contributed by atoms with van der Waals surface area (Å²) in [7, 11) is 0. The summed E-state index contributed by atoms with van der Waals surface area (Å²) in [4.78, 5) is 0. The fourth-order valence-electron chi connectivity index (χ4n) is 1.32. The van der Waals surface area contributed by atoms with Gasteiger partial charge in [-0.25, -0.2) is 4.39 Å². The van der Waals surface area contributed by atoms with Gasteiger partial charge in [0.25, 0.3) is 0 Å². The van der Waals surface area contributed by atoms with Gasteiger partial charge in [0.05, 0.1) is 10.6 Å². The molecule has 0 atom stereocenters. The Morgan fingerprint density at radius 1 is 1.18 bits per heavy atom. The maximum absolute atomic E-state index is 12.9. The van der Waals surface area contributed by atoms with E-state index in [4.69, 9.17) is 21.6 Å². The Morgan fingerprint density at radius 3 is 2.65 bits per heavy atom. The van der Waals surface area contributed by atoms with E-state index in [1.807, 2.05) is 6.07 Å². The number of nitrogens with zero attached hydrogens (tertiary/aromatic N) is 1. The average Bonchev–Trinajstić information content (AvgIpc) is 2.34. The molecular formula is C13H7ClFNO. The molecule has 0 bridgehead atoms. The molecule has 0 aromatic heterocycles. The van der Waals surface area contributed by atoms with Gasteiger partial charge in [-0.1, -0.05) is 23.7 Å². The molecule has 0 aliphatic rings. The Labute approximate surface area is 103 Å². The molecule has 4 heteroatoms. The van der Waals surface area contributed by atoms with Crippen LogP contribution in [0.5, 0.6) is 11.5 Å². The van der Waals surface area contributed by atoms with Crippen LogP contribution in [0, 0.1) is 17.1 Å². The molecule has 2 aromatic rings. The number of ether oxygens (including phenoxy) is 1. The van der Waals surface area contributed by atoms with Gasteiger partial charge >= 0.3 is 0 Å².